The number of nitrogens with zero attached hydrogens (tertiary/aromatic N) is 1. The molecule has 0 aliphatic rings. The summed E-state index contributed by atoms with van der Waals surface area (Å²) >= 11 is 0. The van der Waals surface area contributed by atoms with Crippen LogP contribution in [0.4, 0.5) is 8.78 Å². The molecule has 112 valence electrons. The lowest BCUT2D eigenvalue weighted by Gasteiger charge is -2.27. The second-order valence-electron chi connectivity index (χ2n) is 4.77. The third-order valence-corrected chi connectivity index (χ3v) is 3.39. The van der Waals surface area contributed by atoms with E-state index in [1.807, 2.05) is 18.7 Å². The summed E-state index contributed by atoms with van der Waals surface area (Å²) in [5, 5.41) is 0. The predicted molar refractivity (Wildman–Crippen MR) is 73.9 cm³/mol. The normalized spacial score (nSPS) is 12.7. The maximum atomic E-state index is 13.1. The van der Waals surface area contributed by atoms with E-state index in [0.29, 0.717) is 13.2 Å². The summed E-state index contributed by atoms with van der Waals surface area (Å²) in [6.45, 7) is 5.38. The number of halogens is 2. The number of ether oxygens (including phenoxy) is 1. The smallest absolute Gasteiger partial charge is 0.176 e. The van der Waals surface area contributed by atoms with Gasteiger partial charge in [0.05, 0.1) is 13.2 Å². The van der Waals surface area contributed by atoms with Gasteiger partial charge in [0.1, 0.15) is 0 Å². The molecule has 5 heteroatoms. The molecular formula is C15H21F2NO2. The molecule has 0 N–H and O–H groups in total. The van der Waals surface area contributed by atoms with Crippen LogP contribution < -0.4 is 0 Å². The van der Waals surface area contributed by atoms with Crippen molar-refractivity contribution in [1.29, 1.82) is 0 Å². The number of hydrogen-bond acceptors (Lipinski definition) is 3. The van der Waals surface area contributed by atoms with E-state index in [1.54, 1.807) is 7.11 Å². The molecule has 1 aromatic rings. The monoisotopic (exact) mass is 285 g/mol. The molecule has 0 aromatic heterocycles. The van der Waals surface area contributed by atoms with Gasteiger partial charge in [-0.25, -0.2) is 8.78 Å². The summed E-state index contributed by atoms with van der Waals surface area (Å²) in [7, 11) is 1.60. The molecule has 0 spiro atoms. The van der Waals surface area contributed by atoms with E-state index < -0.39 is 11.6 Å². The maximum Gasteiger partial charge on any atom is 0.176 e. The molecule has 0 fully saturated rings. The summed E-state index contributed by atoms with van der Waals surface area (Å²) in [5.41, 5.74) is 0.189. The molecule has 0 bridgehead atoms. The van der Waals surface area contributed by atoms with E-state index in [-0.39, 0.29) is 23.9 Å². The predicted octanol–water partition coefficient (Wildman–Crippen LogP) is 2.89. The summed E-state index contributed by atoms with van der Waals surface area (Å²) in [4.78, 5) is 14.1. The van der Waals surface area contributed by atoms with Crippen molar-refractivity contribution in [3.05, 3.63) is 35.4 Å². The van der Waals surface area contributed by atoms with E-state index in [4.69, 9.17) is 4.74 Å². The van der Waals surface area contributed by atoms with Crippen molar-refractivity contribution in [2.75, 3.05) is 26.8 Å². The second-order valence-corrected chi connectivity index (χ2v) is 4.77. The molecule has 0 aliphatic carbocycles. The van der Waals surface area contributed by atoms with Crippen LogP contribution in [0.15, 0.2) is 18.2 Å². The van der Waals surface area contributed by atoms with Crippen LogP contribution in [0.2, 0.25) is 0 Å². The van der Waals surface area contributed by atoms with Gasteiger partial charge in [0.25, 0.3) is 0 Å². The van der Waals surface area contributed by atoms with Crippen molar-refractivity contribution >= 4 is 5.78 Å². The second kappa shape index (κ2) is 8.07. The van der Waals surface area contributed by atoms with Crippen LogP contribution in [0.1, 0.15) is 30.6 Å². The Morgan fingerprint density at radius 1 is 1.35 bits per heavy atom. The Balaban J connectivity index is 2.76. The third kappa shape index (κ3) is 4.65. The van der Waals surface area contributed by atoms with Gasteiger partial charge >= 0.3 is 0 Å². The quantitative estimate of drug-likeness (QED) is 0.688. The van der Waals surface area contributed by atoms with Crippen molar-refractivity contribution in [3.8, 4) is 0 Å². The van der Waals surface area contributed by atoms with Gasteiger partial charge in [0.2, 0.25) is 0 Å². The van der Waals surface area contributed by atoms with Crippen LogP contribution in [-0.4, -0.2) is 43.5 Å². The molecule has 0 saturated heterocycles. The zero-order valence-corrected chi connectivity index (χ0v) is 12.2. The Kier molecular flexibility index (Phi) is 6.75. The number of carbonyl (C=O) groups is 1. The minimum Gasteiger partial charge on any atom is -0.383 e. The first-order valence-electron chi connectivity index (χ1n) is 6.70. The summed E-state index contributed by atoms with van der Waals surface area (Å²) < 4.78 is 31.0. The standard InChI is InChI=1S/C15H21F2NO2/c1-4-11(2)18(7-8-20-3)10-15(19)12-5-6-13(16)14(17)9-12/h5-6,9,11H,4,7-8,10H2,1-3H3. The van der Waals surface area contributed by atoms with Crippen molar-refractivity contribution in [2.24, 2.45) is 0 Å². The molecule has 1 unspecified atom stereocenters. The van der Waals surface area contributed by atoms with Crippen molar-refractivity contribution in [3.63, 3.8) is 0 Å². The first kappa shape index (κ1) is 16.7. The summed E-state index contributed by atoms with van der Waals surface area (Å²) in [5.74, 6) is -2.16. The summed E-state index contributed by atoms with van der Waals surface area (Å²) in [6, 6.07) is 3.46. The van der Waals surface area contributed by atoms with Gasteiger partial charge in [-0.2, -0.15) is 0 Å². The minimum atomic E-state index is -0.997. The lowest BCUT2D eigenvalue weighted by Crippen LogP contribution is -2.39. The van der Waals surface area contributed by atoms with E-state index in [9.17, 15) is 13.6 Å². The Labute approximate surface area is 118 Å². The third-order valence-electron chi connectivity index (χ3n) is 3.39. The fourth-order valence-corrected chi connectivity index (χ4v) is 1.87. The molecule has 1 atom stereocenters. The highest BCUT2D eigenvalue weighted by atomic mass is 19.2. The van der Waals surface area contributed by atoms with Crippen LogP contribution >= 0.6 is 0 Å². The molecule has 1 rings (SSSR count). The number of methoxy groups -OCH3 is 1. The topological polar surface area (TPSA) is 29.5 Å². The first-order chi connectivity index (χ1) is 9.49. The number of carbonyl (C=O) groups excluding carboxylic acids is 1. The highest BCUT2D eigenvalue weighted by molar-refractivity contribution is 5.97. The molecular weight excluding hydrogens is 264 g/mol. The fourth-order valence-electron chi connectivity index (χ4n) is 1.87. The molecule has 0 amide bonds. The lowest BCUT2D eigenvalue weighted by atomic mass is 10.1. The molecule has 0 aliphatic heterocycles. The Morgan fingerprint density at radius 3 is 2.60 bits per heavy atom. The van der Waals surface area contributed by atoms with Gasteiger partial charge in [-0.3, -0.25) is 9.69 Å². The number of rotatable bonds is 8. The van der Waals surface area contributed by atoms with Gasteiger partial charge < -0.3 is 4.74 Å². The van der Waals surface area contributed by atoms with Crippen LogP contribution in [0.3, 0.4) is 0 Å². The minimum absolute atomic E-state index is 0.170. The van der Waals surface area contributed by atoms with E-state index in [2.05, 4.69) is 0 Å². The number of hydrogen-bond donors (Lipinski definition) is 0. The lowest BCUT2D eigenvalue weighted by molar-refractivity contribution is 0.0834. The van der Waals surface area contributed by atoms with Crippen LogP contribution in [0, 0.1) is 11.6 Å². The van der Waals surface area contributed by atoms with Crippen molar-refractivity contribution < 1.29 is 18.3 Å². The number of Topliss-reactive ketones (excluding diaryl/α,β-unsaturated/α-hetero) is 1. The van der Waals surface area contributed by atoms with Crippen molar-refractivity contribution in [1.82, 2.24) is 4.90 Å². The zero-order chi connectivity index (χ0) is 15.1. The average molecular weight is 285 g/mol. The molecule has 3 nitrogen and oxygen atoms in total. The molecule has 0 saturated carbocycles. The Hall–Kier alpha value is -1.33. The summed E-state index contributed by atoms with van der Waals surface area (Å²) in [6.07, 6.45) is 0.898. The maximum absolute atomic E-state index is 13.1. The van der Waals surface area contributed by atoms with Gasteiger partial charge in [0.15, 0.2) is 17.4 Å². The fraction of sp³-hybridized carbons (Fsp3) is 0.533. The van der Waals surface area contributed by atoms with Crippen LogP contribution in [0.25, 0.3) is 0 Å². The van der Waals surface area contributed by atoms with E-state index in [1.165, 1.54) is 6.07 Å². The zero-order valence-electron chi connectivity index (χ0n) is 12.2. The van der Waals surface area contributed by atoms with E-state index in [0.717, 1.165) is 18.6 Å². The van der Waals surface area contributed by atoms with Gasteiger partial charge in [-0.05, 0) is 31.5 Å². The highest BCUT2D eigenvalue weighted by Crippen LogP contribution is 2.11. The largest absolute Gasteiger partial charge is 0.383 e. The highest BCUT2D eigenvalue weighted by Gasteiger charge is 2.17. The number of benzene rings is 1. The Morgan fingerprint density at radius 2 is 2.05 bits per heavy atom. The van der Waals surface area contributed by atoms with E-state index >= 15 is 0 Å². The van der Waals surface area contributed by atoms with Gasteiger partial charge in [-0.15, -0.1) is 0 Å². The molecule has 0 heterocycles. The number of ketones is 1. The molecule has 1 aromatic carbocycles. The SMILES string of the molecule is CCC(C)N(CCOC)CC(=O)c1ccc(F)c(F)c1. The molecule has 0 radical (unpaired) electrons. The molecule has 20 heavy (non-hydrogen) atoms. The first-order valence-corrected chi connectivity index (χ1v) is 6.70. The van der Waals surface area contributed by atoms with Crippen LogP contribution in [0.5, 0.6) is 0 Å². The van der Waals surface area contributed by atoms with Crippen LogP contribution in [-0.2, 0) is 4.74 Å². The Bertz CT molecular complexity index is 451. The van der Waals surface area contributed by atoms with Gasteiger partial charge in [-0.1, -0.05) is 6.92 Å². The average Bonchev–Trinajstić information content (AvgIpc) is 2.45. The van der Waals surface area contributed by atoms with Crippen molar-refractivity contribution in [2.45, 2.75) is 26.3 Å². The van der Waals surface area contributed by atoms with Gasteiger partial charge in [0, 0.05) is 25.3 Å².